The first-order valence-electron chi connectivity index (χ1n) is 8.42. The lowest BCUT2D eigenvalue weighted by atomic mass is 10.1. The van der Waals surface area contributed by atoms with E-state index in [1.54, 1.807) is 43.5 Å². The molecule has 146 valence electrons. The standard InChI is InChI=1S/C19H18N2O5S2/c1-12(2)16-9-8-14(18(22)21(16)19(23)24)15-10-27-17(20-15)11-28(25,26)13-6-4-3-5-7-13/h3-10,12H,11H2,1-2H3,(H,23,24). The molecule has 0 aliphatic carbocycles. The molecule has 0 atom stereocenters. The van der Waals surface area contributed by atoms with Gasteiger partial charge in [-0.25, -0.2) is 22.8 Å². The zero-order valence-corrected chi connectivity index (χ0v) is 16.8. The number of carboxylic acid groups (broad SMARTS) is 1. The Balaban J connectivity index is 1.98. The summed E-state index contributed by atoms with van der Waals surface area (Å²) in [6.45, 7) is 3.59. The highest BCUT2D eigenvalue weighted by atomic mass is 32.2. The summed E-state index contributed by atoms with van der Waals surface area (Å²) in [6, 6.07) is 11.2. The normalized spacial score (nSPS) is 11.7. The molecule has 1 N–H and O–H groups in total. The number of thiazole rings is 1. The number of pyridine rings is 1. The molecule has 0 aliphatic heterocycles. The Bertz CT molecular complexity index is 1180. The van der Waals surface area contributed by atoms with Crippen molar-refractivity contribution < 1.29 is 18.3 Å². The van der Waals surface area contributed by atoms with Crippen LogP contribution in [0, 0.1) is 0 Å². The quantitative estimate of drug-likeness (QED) is 0.679. The van der Waals surface area contributed by atoms with Gasteiger partial charge in [0.05, 0.1) is 16.2 Å². The zero-order chi connectivity index (χ0) is 20.5. The summed E-state index contributed by atoms with van der Waals surface area (Å²) in [4.78, 5) is 28.7. The van der Waals surface area contributed by atoms with Crippen LogP contribution in [-0.2, 0) is 15.6 Å². The predicted molar refractivity (Wildman–Crippen MR) is 107 cm³/mol. The summed E-state index contributed by atoms with van der Waals surface area (Å²) in [7, 11) is -3.56. The number of carbonyl (C=O) groups is 1. The van der Waals surface area contributed by atoms with Gasteiger partial charge in [0.2, 0.25) is 0 Å². The molecule has 9 heteroatoms. The smallest absolute Gasteiger partial charge is 0.418 e. The molecule has 0 bridgehead atoms. The van der Waals surface area contributed by atoms with Crippen molar-refractivity contribution in [3.63, 3.8) is 0 Å². The second-order valence-corrected chi connectivity index (χ2v) is 9.38. The van der Waals surface area contributed by atoms with Gasteiger partial charge in [-0.3, -0.25) is 4.79 Å². The van der Waals surface area contributed by atoms with Crippen molar-refractivity contribution in [3.8, 4) is 11.3 Å². The lowest BCUT2D eigenvalue weighted by Crippen LogP contribution is -2.30. The topological polar surface area (TPSA) is 106 Å². The van der Waals surface area contributed by atoms with E-state index in [1.807, 2.05) is 0 Å². The Kier molecular flexibility index (Phi) is 5.48. The minimum absolute atomic E-state index is 0.117. The average Bonchev–Trinajstić information content (AvgIpc) is 3.09. The molecular formula is C19H18N2O5S2. The number of aromatic nitrogens is 2. The van der Waals surface area contributed by atoms with E-state index in [4.69, 9.17) is 0 Å². The molecule has 2 heterocycles. The van der Waals surface area contributed by atoms with Crippen LogP contribution in [0.4, 0.5) is 4.79 Å². The third kappa shape index (κ3) is 3.90. The van der Waals surface area contributed by atoms with Crippen LogP contribution < -0.4 is 5.56 Å². The number of hydrogen-bond acceptors (Lipinski definition) is 6. The third-order valence-electron chi connectivity index (χ3n) is 4.14. The molecule has 3 aromatic rings. The molecule has 0 aliphatic rings. The molecule has 0 fully saturated rings. The monoisotopic (exact) mass is 418 g/mol. The summed E-state index contributed by atoms with van der Waals surface area (Å²) in [5, 5.41) is 11.3. The Hall–Kier alpha value is -2.78. The minimum atomic E-state index is -3.56. The Morgan fingerprint density at radius 3 is 2.46 bits per heavy atom. The summed E-state index contributed by atoms with van der Waals surface area (Å²) in [5.74, 6) is -0.446. The molecule has 0 saturated carbocycles. The number of nitrogens with zero attached hydrogens (tertiary/aromatic N) is 2. The summed E-state index contributed by atoms with van der Waals surface area (Å²) < 4.78 is 25.7. The van der Waals surface area contributed by atoms with Crippen LogP contribution in [0.1, 0.15) is 30.5 Å². The lowest BCUT2D eigenvalue weighted by molar-refractivity contribution is 0.194. The van der Waals surface area contributed by atoms with Gasteiger partial charge in [-0.15, -0.1) is 11.3 Å². The fraction of sp³-hybridized carbons (Fsp3) is 0.211. The highest BCUT2D eigenvalue weighted by Crippen LogP contribution is 2.24. The van der Waals surface area contributed by atoms with E-state index in [2.05, 4.69) is 4.98 Å². The molecule has 0 amide bonds. The van der Waals surface area contributed by atoms with Crippen LogP contribution in [0.3, 0.4) is 0 Å². The van der Waals surface area contributed by atoms with Gasteiger partial charge in [0.15, 0.2) is 9.84 Å². The van der Waals surface area contributed by atoms with E-state index in [0.717, 1.165) is 11.3 Å². The van der Waals surface area contributed by atoms with E-state index >= 15 is 0 Å². The number of benzene rings is 1. The van der Waals surface area contributed by atoms with E-state index in [9.17, 15) is 23.1 Å². The minimum Gasteiger partial charge on any atom is -0.464 e. The molecule has 1 aromatic carbocycles. The molecule has 0 spiro atoms. The molecule has 0 saturated heterocycles. The van der Waals surface area contributed by atoms with Crippen LogP contribution in [-0.4, -0.2) is 29.2 Å². The van der Waals surface area contributed by atoms with Crippen LogP contribution in [0.2, 0.25) is 0 Å². The maximum absolute atomic E-state index is 12.7. The highest BCUT2D eigenvalue weighted by Gasteiger charge is 2.21. The van der Waals surface area contributed by atoms with Crippen molar-refractivity contribution in [2.75, 3.05) is 0 Å². The molecule has 0 radical (unpaired) electrons. The van der Waals surface area contributed by atoms with Gasteiger partial charge < -0.3 is 5.11 Å². The maximum atomic E-state index is 12.7. The first-order valence-corrected chi connectivity index (χ1v) is 11.0. The van der Waals surface area contributed by atoms with Gasteiger partial charge in [0.1, 0.15) is 10.8 Å². The zero-order valence-electron chi connectivity index (χ0n) is 15.2. The molecular weight excluding hydrogens is 400 g/mol. The van der Waals surface area contributed by atoms with Crippen molar-refractivity contribution in [3.05, 3.63) is 68.9 Å². The van der Waals surface area contributed by atoms with E-state index < -0.39 is 21.5 Å². The van der Waals surface area contributed by atoms with Crippen LogP contribution in [0.15, 0.2) is 57.5 Å². The molecule has 2 aromatic heterocycles. The molecule has 28 heavy (non-hydrogen) atoms. The largest absolute Gasteiger partial charge is 0.464 e. The first-order chi connectivity index (χ1) is 13.2. The van der Waals surface area contributed by atoms with Crippen molar-refractivity contribution in [1.82, 2.24) is 9.55 Å². The van der Waals surface area contributed by atoms with Crippen LogP contribution in [0.5, 0.6) is 0 Å². The molecule has 3 rings (SSSR count). The van der Waals surface area contributed by atoms with E-state index in [0.29, 0.717) is 15.3 Å². The number of rotatable bonds is 5. The molecule has 7 nitrogen and oxygen atoms in total. The summed E-state index contributed by atoms with van der Waals surface area (Å²) in [5.41, 5.74) is 0.0646. The second kappa shape index (κ2) is 7.69. The number of sulfone groups is 1. The summed E-state index contributed by atoms with van der Waals surface area (Å²) >= 11 is 1.11. The van der Waals surface area contributed by atoms with Gasteiger partial charge >= 0.3 is 6.09 Å². The maximum Gasteiger partial charge on any atom is 0.418 e. The van der Waals surface area contributed by atoms with Crippen LogP contribution in [0.25, 0.3) is 11.3 Å². The fourth-order valence-electron chi connectivity index (χ4n) is 2.77. The molecule has 0 unspecified atom stereocenters. The SMILES string of the molecule is CC(C)c1ccc(-c2csc(CS(=O)(=O)c3ccccc3)n2)c(=O)n1C(=O)O. The predicted octanol–water partition coefficient (Wildman–Crippen LogP) is 3.60. The van der Waals surface area contributed by atoms with Gasteiger partial charge in [0.25, 0.3) is 5.56 Å². The first kappa shape index (κ1) is 20.0. The fourth-order valence-corrected chi connectivity index (χ4v) is 5.21. The lowest BCUT2D eigenvalue weighted by Gasteiger charge is -2.12. The highest BCUT2D eigenvalue weighted by molar-refractivity contribution is 7.90. The van der Waals surface area contributed by atoms with Gasteiger partial charge in [-0.05, 0) is 30.2 Å². The Labute approximate surface area is 165 Å². The van der Waals surface area contributed by atoms with Crippen LogP contribution >= 0.6 is 11.3 Å². The Morgan fingerprint density at radius 1 is 1.18 bits per heavy atom. The van der Waals surface area contributed by atoms with Gasteiger partial charge in [-0.2, -0.15) is 0 Å². The van der Waals surface area contributed by atoms with E-state index in [1.165, 1.54) is 18.2 Å². The summed E-state index contributed by atoms with van der Waals surface area (Å²) in [6.07, 6.45) is -1.36. The van der Waals surface area contributed by atoms with Crippen molar-refractivity contribution >= 4 is 27.3 Å². The number of hydrogen-bond donors (Lipinski definition) is 1. The van der Waals surface area contributed by atoms with Gasteiger partial charge in [-0.1, -0.05) is 32.0 Å². The van der Waals surface area contributed by atoms with E-state index in [-0.39, 0.29) is 27.8 Å². The van der Waals surface area contributed by atoms with Crippen molar-refractivity contribution in [2.45, 2.75) is 30.4 Å². The van der Waals surface area contributed by atoms with Crippen molar-refractivity contribution in [2.24, 2.45) is 0 Å². The second-order valence-electron chi connectivity index (χ2n) is 6.45. The average molecular weight is 418 g/mol. The van der Waals surface area contributed by atoms with Gasteiger partial charge in [0, 0.05) is 11.1 Å². The Morgan fingerprint density at radius 2 is 1.86 bits per heavy atom. The third-order valence-corrected chi connectivity index (χ3v) is 6.81. The van der Waals surface area contributed by atoms with Crippen molar-refractivity contribution in [1.29, 1.82) is 0 Å².